The Balaban J connectivity index is 1.08. The molecule has 10 aromatic carbocycles. The highest BCUT2D eigenvalue weighted by Gasteiger charge is 2.28. The topological polar surface area (TPSA) is 13.1 Å². The molecular formula is C56H35N3. The maximum absolute atomic E-state index is 2.47. The van der Waals surface area contributed by atoms with Crippen molar-refractivity contribution >= 4 is 82.2 Å². The van der Waals surface area contributed by atoms with Crippen molar-refractivity contribution in [2.75, 3.05) is 4.90 Å². The number of aromatic nitrogens is 2. The molecule has 59 heavy (non-hydrogen) atoms. The largest absolute Gasteiger partial charge is 0.309 e. The van der Waals surface area contributed by atoms with E-state index in [2.05, 4.69) is 226 Å². The molecule has 1 aliphatic heterocycles. The Kier molecular flexibility index (Phi) is 6.72. The van der Waals surface area contributed by atoms with Crippen molar-refractivity contribution in [2.24, 2.45) is 0 Å². The summed E-state index contributed by atoms with van der Waals surface area (Å²) >= 11 is 0. The minimum atomic E-state index is 1.11. The molecule has 0 amide bonds. The van der Waals surface area contributed by atoms with Crippen LogP contribution in [0, 0.1) is 0 Å². The van der Waals surface area contributed by atoms with E-state index in [0.717, 1.165) is 34.0 Å². The van der Waals surface area contributed by atoms with Gasteiger partial charge in [0.15, 0.2) is 0 Å². The second kappa shape index (κ2) is 12.3. The second-order valence-electron chi connectivity index (χ2n) is 15.7. The Labute approximate surface area is 340 Å². The number of fused-ring (bicyclic) bond motifs is 15. The summed E-state index contributed by atoms with van der Waals surface area (Å²) in [4.78, 5) is 2.47. The van der Waals surface area contributed by atoms with Gasteiger partial charge in [-0.05, 0) is 93.3 Å². The lowest BCUT2D eigenvalue weighted by Gasteiger charge is -2.27. The van der Waals surface area contributed by atoms with Crippen LogP contribution in [0.25, 0.3) is 98.8 Å². The molecule has 12 aromatic rings. The van der Waals surface area contributed by atoms with Crippen LogP contribution in [-0.4, -0.2) is 9.13 Å². The summed E-state index contributed by atoms with van der Waals surface area (Å²) in [5, 5.41) is 10.0. The molecule has 3 heteroatoms. The van der Waals surface area contributed by atoms with E-state index < -0.39 is 0 Å². The number of para-hydroxylation sites is 4. The maximum Gasteiger partial charge on any atom is 0.0561 e. The lowest BCUT2D eigenvalue weighted by molar-refractivity contribution is 1.15. The van der Waals surface area contributed by atoms with Crippen molar-refractivity contribution in [3.05, 3.63) is 212 Å². The highest BCUT2D eigenvalue weighted by atomic mass is 15.2. The van der Waals surface area contributed by atoms with Gasteiger partial charge in [-0.25, -0.2) is 0 Å². The standard InChI is InChI=1S/C56H35N3/c1-2-16-38(17-3-1)57-53-34-39(58-49-23-11-8-20-43(49)46-30-26-36-14-4-6-18-41(36)55(46)47-21-9-12-24-50(47)58)28-31-44(53)45-32-29-40(35-54(45)57)59-51-25-13-10-22-48(51)56-42-19-7-5-15-37(42)27-33-52(56)59/h1-35H. The van der Waals surface area contributed by atoms with Crippen LogP contribution in [0.5, 0.6) is 0 Å². The number of hydrogen-bond donors (Lipinski definition) is 0. The quantitative estimate of drug-likeness (QED) is 0.175. The first-order valence-corrected chi connectivity index (χ1v) is 20.4. The van der Waals surface area contributed by atoms with Crippen LogP contribution in [0.4, 0.5) is 17.1 Å². The SMILES string of the molecule is c1ccc(-n2c3cc(N4c5ccccc5-c5ccc6ccccc6c5-c5ccccc54)ccc3c3ccc(-n4c5ccccc5c5c6ccccc6ccc54)cc32)cc1. The molecule has 0 unspecified atom stereocenters. The van der Waals surface area contributed by atoms with Crippen molar-refractivity contribution in [2.45, 2.75) is 0 Å². The van der Waals surface area contributed by atoms with Gasteiger partial charge in [-0.1, -0.05) is 152 Å². The zero-order valence-electron chi connectivity index (χ0n) is 32.0. The van der Waals surface area contributed by atoms with E-state index in [1.807, 2.05) is 0 Å². The Morgan fingerprint density at radius 2 is 0.831 bits per heavy atom. The number of nitrogens with zero attached hydrogens (tertiary/aromatic N) is 3. The van der Waals surface area contributed by atoms with Crippen LogP contribution in [-0.2, 0) is 0 Å². The van der Waals surface area contributed by atoms with E-state index in [9.17, 15) is 0 Å². The third-order valence-corrected chi connectivity index (χ3v) is 12.6. The molecular weight excluding hydrogens is 715 g/mol. The third-order valence-electron chi connectivity index (χ3n) is 12.6. The fourth-order valence-corrected chi connectivity index (χ4v) is 10.1. The predicted molar refractivity (Wildman–Crippen MR) is 249 cm³/mol. The van der Waals surface area contributed by atoms with Gasteiger partial charge < -0.3 is 14.0 Å². The number of hydrogen-bond acceptors (Lipinski definition) is 1. The highest BCUT2D eigenvalue weighted by Crippen LogP contribution is 2.53. The van der Waals surface area contributed by atoms with E-state index in [0.29, 0.717) is 0 Å². The molecule has 3 nitrogen and oxygen atoms in total. The number of benzene rings is 10. The maximum atomic E-state index is 2.47. The molecule has 0 saturated carbocycles. The zero-order chi connectivity index (χ0) is 38.6. The summed E-state index contributed by atoms with van der Waals surface area (Å²) in [5.41, 5.74) is 15.4. The van der Waals surface area contributed by atoms with Crippen LogP contribution in [0.15, 0.2) is 212 Å². The average Bonchev–Trinajstić information content (AvgIpc) is 3.77. The zero-order valence-corrected chi connectivity index (χ0v) is 32.0. The van der Waals surface area contributed by atoms with Crippen molar-refractivity contribution < 1.29 is 0 Å². The molecule has 0 atom stereocenters. The van der Waals surface area contributed by atoms with Crippen LogP contribution in [0.2, 0.25) is 0 Å². The predicted octanol–water partition coefficient (Wildman–Crippen LogP) is 15.3. The first kappa shape index (κ1) is 32.2. The van der Waals surface area contributed by atoms with E-state index in [4.69, 9.17) is 0 Å². The fourth-order valence-electron chi connectivity index (χ4n) is 10.1. The van der Waals surface area contributed by atoms with Crippen LogP contribution < -0.4 is 4.90 Å². The van der Waals surface area contributed by atoms with Gasteiger partial charge in [0.05, 0.1) is 33.4 Å². The van der Waals surface area contributed by atoms with E-state index in [-0.39, 0.29) is 0 Å². The van der Waals surface area contributed by atoms with Gasteiger partial charge in [0.25, 0.3) is 0 Å². The van der Waals surface area contributed by atoms with Gasteiger partial charge in [-0.2, -0.15) is 0 Å². The second-order valence-corrected chi connectivity index (χ2v) is 15.7. The summed E-state index contributed by atoms with van der Waals surface area (Å²) in [6.07, 6.45) is 0. The first-order valence-electron chi connectivity index (χ1n) is 20.4. The van der Waals surface area contributed by atoms with Gasteiger partial charge in [0.1, 0.15) is 0 Å². The van der Waals surface area contributed by atoms with Crippen molar-refractivity contribution in [3.63, 3.8) is 0 Å². The highest BCUT2D eigenvalue weighted by molar-refractivity contribution is 6.22. The Morgan fingerprint density at radius 1 is 0.271 bits per heavy atom. The molecule has 13 rings (SSSR count). The molecule has 0 aliphatic carbocycles. The van der Waals surface area contributed by atoms with Gasteiger partial charge in [-0.15, -0.1) is 0 Å². The molecule has 0 N–H and O–H groups in total. The molecule has 274 valence electrons. The Bertz CT molecular complexity index is 3680. The molecule has 3 heterocycles. The molecule has 1 aliphatic rings. The lowest BCUT2D eigenvalue weighted by atomic mass is 9.90. The summed E-state index contributed by atoms with van der Waals surface area (Å²) in [6.45, 7) is 0. The normalized spacial score (nSPS) is 12.4. The summed E-state index contributed by atoms with van der Waals surface area (Å²) in [5.74, 6) is 0. The Hall–Kier alpha value is -7.88. The van der Waals surface area contributed by atoms with E-state index in [1.165, 1.54) is 81.9 Å². The Morgan fingerprint density at radius 3 is 1.63 bits per heavy atom. The van der Waals surface area contributed by atoms with Gasteiger partial charge in [-0.3, -0.25) is 0 Å². The monoisotopic (exact) mass is 749 g/mol. The summed E-state index contributed by atoms with van der Waals surface area (Å²) in [6, 6.07) is 78.2. The van der Waals surface area contributed by atoms with Gasteiger partial charge >= 0.3 is 0 Å². The van der Waals surface area contributed by atoms with Crippen LogP contribution >= 0.6 is 0 Å². The molecule has 0 spiro atoms. The van der Waals surface area contributed by atoms with Gasteiger partial charge in [0, 0.05) is 49.7 Å². The van der Waals surface area contributed by atoms with Crippen molar-refractivity contribution in [1.82, 2.24) is 9.13 Å². The van der Waals surface area contributed by atoms with E-state index >= 15 is 0 Å². The molecule has 2 aromatic heterocycles. The summed E-state index contributed by atoms with van der Waals surface area (Å²) in [7, 11) is 0. The first-order chi connectivity index (χ1) is 29.3. The molecule has 0 bridgehead atoms. The fraction of sp³-hybridized carbons (Fsp3) is 0. The molecule has 0 fully saturated rings. The van der Waals surface area contributed by atoms with Crippen LogP contribution in [0.1, 0.15) is 0 Å². The average molecular weight is 750 g/mol. The number of anilines is 3. The van der Waals surface area contributed by atoms with Gasteiger partial charge in [0.2, 0.25) is 0 Å². The van der Waals surface area contributed by atoms with Crippen LogP contribution in [0.3, 0.4) is 0 Å². The smallest absolute Gasteiger partial charge is 0.0561 e. The number of rotatable bonds is 3. The summed E-state index contributed by atoms with van der Waals surface area (Å²) < 4.78 is 4.90. The lowest BCUT2D eigenvalue weighted by Crippen LogP contribution is -2.11. The van der Waals surface area contributed by atoms with Crippen molar-refractivity contribution in [3.8, 4) is 33.6 Å². The minimum Gasteiger partial charge on any atom is -0.309 e. The third kappa shape index (κ3) is 4.58. The minimum absolute atomic E-state index is 1.11. The molecule has 0 saturated heterocycles. The van der Waals surface area contributed by atoms with Crippen molar-refractivity contribution in [1.29, 1.82) is 0 Å². The molecule has 0 radical (unpaired) electrons. The van der Waals surface area contributed by atoms with E-state index in [1.54, 1.807) is 0 Å².